The zero-order valence-electron chi connectivity index (χ0n) is 14.4. The number of hydrogen-bond donors (Lipinski definition) is 2. The second kappa shape index (κ2) is 11.5. The van der Waals surface area contributed by atoms with Crippen molar-refractivity contribution in [3.05, 3.63) is 29.1 Å². The van der Waals surface area contributed by atoms with E-state index in [0.717, 1.165) is 35.8 Å². The van der Waals surface area contributed by atoms with Gasteiger partial charge in [-0.1, -0.05) is 19.8 Å². The lowest BCUT2D eigenvalue weighted by atomic mass is 10.1. The molecule has 1 heterocycles. The highest BCUT2D eigenvalue weighted by Gasteiger charge is 2.16. The monoisotopic (exact) mass is 451 g/mol. The third kappa shape index (κ3) is 6.43. The smallest absolute Gasteiger partial charge is 0.190 e. The van der Waals surface area contributed by atoms with Crippen LogP contribution in [0.5, 0.6) is 5.75 Å². The van der Waals surface area contributed by atoms with Crippen LogP contribution in [-0.2, 0) is 17.8 Å². The van der Waals surface area contributed by atoms with Crippen LogP contribution >= 0.6 is 24.0 Å². The van der Waals surface area contributed by atoms with Gasteiger partial charge in [-0.15, -0.1) is 24.0 Å². The van der Waals surface area contributed by atoms with Crippen molar-refractivity contribution < 1.29 is 13.9 Å². The van der Waals surface area contributed by atoms with Crippen LogP contribution < -0.4 is 15.4 Å². The highest BCUT2D eigenvalue weighted by atomic mass is 127. The molecule has 0 aromatic heterocycles. The van der Waals surface area contributed by atoms with Crippen molar-refractivity contribution >= 4 is 29.9 Å². The molecule has 0 spiro atoms. The Morgan fingerprint density at radius 3 is 2.79 bits per heavy atom. The Balaban J connectivity index is 0.00000288. The Morgan fingerprint density at radius 2 is 2.04 bits per heavy atom. The Bertz CT molecular complexity index is 541. The predicted octanol–water partition coefficient (Wildman–Crippen LogP) is 3.21. The zero-order chi connectivity index (χ0) is 16.5. The van der Waals surface area contributed by atoms with E-state index in [-0.39, 0.29) is 36.6 Å². The third-order valence-electron chi connectivity index (χ3n) is 3.73. The Morgan fingerprint density at radius 1 is 1.25 bits per heavy atom. The van der Waals surface area contributed by atoms with Crippen molar-refractivity contribution in [1.82, 2.24) is 10.6 Å². The number of guanidine groups is 1. The van der Waals surface area contributed by atoms with Crippen molar-refractivity contribution in [2.75, 3.05) is 26.9 Å². The minimum absolute atomic E-state index is 0. The fraction of sp³-hybridized carbons (Fsp3) is 0.588. The van der Waals surface area contributed by atoms with Gasteiger partial charge in [0.05, 0.1) is 6.61 Å². The molecule has 24 heavy (non-hydrogen) atoms. The van der Waals surface area contributed by atoms with Gasteiger partial charge in [0, 0.05) is 25.7 Å². The molecule has 0 radical (unpaired) electrons. The summed E-state index contributed by atoms with van der Waals surface area (Å²) in [5.41, 5.74) is 1.63. The maximum Gasteiger partial charge on any atom is 0.190 e. The van der Waals surface area contributed by atoms with Gasteiger partial charge in [0.1, 0.15) is 11.6 Å². The molecule has 0 saturated carbocycles. The number of benzene rings is 1. The average molecular weight is 451 g/mol. The summed E-state index contributed by atoms with van der Waals surface area (Å²) in [5, 5.41) is 6.53. The predicted molar refractivity (Wildman–Crippen MR) is 105 cm³/mol. The molecule has 7 heteroatoms. The van der Waals surface area contributed by atoms with E-state index in [9.17, 15) is 4.39 Å². The molecule has 1 aromatic rings. The molecule has 0 saturated heterocycles. The average Bonchev–Trinajstić information content (AvgIpc) is 2.56. The van der Waals surface area contributed by atoms with E-state index in [0.29, 0.717) is 19.6 Å². The number of aliphatic imine (C=N–C) groups is 1. The second-order valence-electron chi connectivity index (χ2n) is 5.55. The van der Waals surface area contributed by atoms with E-state index in [2.05, 4.69) is 22.5 Å². The van der Waals surface area contributed by atoms with E-state index in [4.69, 9.17) is 9.47 Å². The van der Waals surface area contributed by atoms with Gasteiger partial charge < -0.3 is 20.1 Å². The van der Waals surface area contributed by atoms with Crippen molar-refractivity contribution in [2.24, 2.45) is 4.99 Å². The maximum atomic E-state index is 13.7. The lowest BCUT2D eigenvalue weighted by Gasteiger charge is -2.21. The quantitative estimate of drug-likeness (QED) is 0.290. The molecule has 1 aromatic carbocycles. The minimum atomic E-state index is -0.255. The van der Waals surface area contributed by atoms with Crippen molar-refractivity contribution in [2.45, 2.75) is 39.2 Å². The zero-order valence-corrected chi connectivity index (χ0v) is 16.7. The van der Waals surface area contributed by atoms with Gasteiger partial charge in [-0.2, -0.15) is 0 Å². The van der Waals surface area contributed by atoms with Crippen molar-refractivity contribution in [3.8, 4) is 5.75 Å². The highest BCUT2D eigenvalue weighted by Crippen LogP contribution is 2.29. The van der Waals surface area contributed by atoms with Crippen LogP contribution in [0.25, 0.3) is 0 Å². The van der Waals surface area contributed by atoms with E-state index in [1.807, 2.05) is 0 Å². The van der Waals surface area contributed by atoms with E-state index < -0.39 is 0 Å². The molecule has 1 aliphatic heterocycles. The van der Waals surface area contributed by atoms with Crippen molar-refractivity contribution in [1.29, 1.82) is 0 Å². The van der Waals surface area contributed by atoms with Gasteiger partial charge in [0.25, 0.3) is 0 Å². The van der Waals surface area contributed by atoms with E-state index in [1.54, 1.807) is 7.05 Å². The van der Waals surface area contributed by atoms with Gasteiger partial charge in [-0.25, -0.2) is 4.39 Å². The number of fused-ring (bicyclic) bond motifs is 1. The van der Waals surface area contributed by atoms with Gasteiger partial charge in [0.2, 0.25) is 0 Å². The van der Waals surface area contributed by atoms with Crippen LogP contribution in [0.15, 0.2) is 17.1 Å². The van der Waals surface area contributed by atoms with Crippen LogP contribution in [0, 0.1) is 5.82 Å². The summed E-state index contributed by atoms with van der Waals surface area (Å²) in [6.45, 7) is 4.37. The molecule has 136 valence electrons. The largest absolute Gasteiger partial charge is 0.467 e. The molecular weight excluding hydrogens is 424 g/mol. The van der Waals surface area contributed by atoms with Gasteiger partial charge >= 0.3 is 0 Å². The first kappa shape index (κ1) is 21.0. The second-order valence-corrected chi connectivity index (χ2v) is 5.55. The van der Waals surface area contributed by atoms with E-state index in [1.165, 1.54) is 25.0 Å². The minimum Gasteiger partial charge on any atom is -0.467 e. The maximum absolute atomic E-state index is 13.7. The number of nitrogens with one attached hydrogen (secondary N) is 2. The number of rotatable bonds is 7. The van der Waals surface area contributed by atoms with Crippen LogP contribution in [0.2, 0.25) is 0 Å². The van der Waals surface area contributed by atoms with E-state index >= 15 is 0 Å². The Labute approximate surface area is 160 Å². The molecule has 0 bridgehead atoms. The summed E-state index contributed by atoms with van der Waals surface area (Å²) < 4.78 is 24.4. The Kier molecular flexibility index (Phi) is 10.0. The standard InChI is InChI=1S/C17H26FN3O2.HI/c1-3-4-5-7-20-17(19-2)21-8-6-13-9-15(18)10-14-11-22-12-23-16(13)14;/h9-10H,3-8,11-12H2,1-2H3,(H2,19,20,21);1H. The fourth-order valence-electron chi connectivity index (χ4n) is 2.56. The highest BCUT2D eigenvalue weighted by molar-refractivity contribution is 14.0. The number of hydrogen-bond acceptors (Lipinski definition) is 3. The molecule has 2 N–H and O–H groups in total. The molecule has 2 rings (SSSR count). The van der Waals surface area contributed by atoms with Crippen molar-refractivity contribution in [3.63, 3.8) is 0 Å². The topological polar surface area (TPSA) is 54.9 Å². The van der Waals surface area contributed by atoms with Crippen LogP contribution in [0.4, 0.5) is 4.39 Å². The SMILES string of the molecule is CCCCCNC(=NC)NCCc1cc(F)cc2c1OCOC2.I. The molecule has 1 aliphatic rings. The first-order valence-corrected chi connectivity index (χ1v) is 8.21. The molecule has 0 amide bonds. The van der Waals surface area contributed by atoms with Gasteiger partial charge in [0.15, 0.2) is 12.8 Å². The summed E-state index contributed by atoms with van der Waals surface area (Å²) in [6.07, 6.45) is 4.19. The summed E-state index contributed by atoms with van der Waals surface area (Å²) in [5.74, 6) is 1.27. The summed E-state index contributed by atoms with van der Waals surface area (Å²) in [6, 6.07) is 3.00. The summed E-state index contributed by atoms with van der Waals surface area (Å²) in [7, 11) is 1.75. The third-order valence-corrected chi connectivity index (χ3v) is 3.73. The normalized spacial score (nSPS) is 13.5. The van der Waals surface area contributed by atoms with Gasteiger partial charge in [-0.05, 0) is 30.5 Å². The first-order chi connectivity index (χ1) is 11.2. The lowest BCUT2D eigenvalue weighted by Crippen LogP contribution is -2.38. The van der Waals surface area contributed by atoms with Crippen LogP contribution in [-0.4, -0.2) is 32.9 Å². The molecular formula is C17H27FIN3O2. The van der Waals surface area contributed by atoms with Crippen LogP contribution in [0.3, 0.4) is 0 Å². The number of ether oxygens (including phenoxy) is 2. The first-order valence-electron chi connectivity index (χ1n) is 8.21. The molecule has 0 aliphatic carbocycles. The molecule has 0 fully saturated rings. The fourth-order valence-corrected chi connectivity index (χ4v) is 2.56. The number of nitrogens with zero attached hydrogens (tertiary/aromatic N) is 1. The Hall–Kier alpha value is -1.09. The molecule has 0 unspecified atom stereocenters. The molecule has 0 atom stereocenters. The number of unbranched alkanes of at least 4 members (excludes halogenated alkanes) is 2. The number of halogens is 2. The molecule has 5 nitrogen and oxygen atoms in total. The summed E-state index contributed by atoms with van der Waals surface area (Å²) >= 11 is 0. The van der Waals surface area contributed by atoms with Gasteiger partial charge in [-0.3, -0.25) is 4.99 Å². The van der Waals surface area contributed by atoms with Crippen LogP contribution in [0.1, 0.15) is 37.3 Å². The lowest BCUT2D eigenvalue weighted by molar-refractivity contribution is -0.0172. The summed E-state index contributed by atoms with van der Waals surface area (Å²) in [4.78, 5) is 4.19.